The molecule has 1 heterocycles. The van der Waals surface area contributed by atoms with Crippen molar-refractivity contribution in [3.63, 3.8) is 0 Å². The van der Waals surface area contributed by atoms with Crippen molar-refractivity contribution in [2.24, 2.45) is 0 Å². The minimum absolute atomic E-state index is 0.0170. The molecular weight excluding hydrogens is 254 g/mol. The lowest BCUT2D eigenvalue weighted by molar-refractivity contribution is -0.119. The molecule has 1 rings (SSSR count). The van der Waals surface area contributed by atoms with Gasteiger partial charge in [0.1, 0.15) is 0 Å². The number of amides is 1. The second kappa shape index (κ2) is 7.03. The van der Waals surface area contributed by atoms with Crippen LogP contribution in [0.3, 0.4) is 0 Å². The molecule has 1 amide bonds. The highest BCUT2D eigenvalue weighted by atomic mass is 32.2. The summed E-state index contributed by atoms with van der Waals surface area (Å²) < 4.78 is 0. The average molecular weight is 273 g/mol. The van der Waals surface area contributed by atoms with Gasteiger partial charge in [-0.05, 0) is 25.3 Å². The van der Waals surface area contributed by atoms with Crippen molar-refractivity contribution in [1.82, 2.24) is 5.32 Å². The fourth-order valence-corrected chi connectivity index (χ4v) is 2.75. The molecule has 3 atom stereocenters. The van der Waals surface area contributed by atoms with Crippen LogP contribution in [0.5, 0.6) is 0 Å². The fraction of sp³-hybridized carbons (Fsp3) is 0.583. The fourth-order valence-electron chi connectivity index (χ4n) is 1.24. The van der Waals surface area contributed by atoms with Gasteiger partial charge < -0.3 is 10.4 Å². The van der Waals surface area contributed by atoms with Gasteiger partial charge in [-0.3, -0.25) is 4.79 Å². The van der Waals surface area contributed by atoms with Gasteiger partial charge in [-0.25, -0.2) is 0 Å². The Morgan fingerprint density at radius 1 is 1.53 bits per heavy atom. The number of hydrogen-bond donors (Lipinski definition) is 2. The molecule has 0 aromatic carbocycles. The second-order valence-electron chi connectivity index (χ2n) is 4.06. The van der Waals surface area contributed by atoms with Crippen LogP contribution in [0.1, 0.15) is 31.7 Å². The number of nitrogens with one attached hydrogen (secondary N) is 1. The molecule has 0 aliphatic carbocycles. The average Bonchev–Trinajstić information content (AvgIpc) is 2.78. The number of carbonyl (C=O) groups excluding carboxylic acids is 1. The number of thiophene rings is 1. The summed E-state index contributed by atoms with van der Waals surface area (Å²) in [6, 6.07) is 4.05. The lowest BCUT2D eigenvalue weighted by Gasteiger charge is -2.15. The number of hydrogen-bond acceptors (Lipinski definition) is 4. The van der Waals surface area contributed by atoms with E-state index >= 15 is 0 Å². The number of aliphatic hydroxyl groups is 1. The van der Waals surface area contributed by atoms with E-state index in [-0.39, 0.29) is 23.3 Å². The standard InChI is InChI=1S/C12H19NO2S2/c1-8(11-5-4-6-16-11)13-12(15)7-17-10(3)9(2)14/h4-6,8-10,14H,7H2,1-3H3,(H,13,15)/t8-,9-,10+/m0/s1. The monoisotopic (exact) mass is 273 g/mol. The zero-order valence-electron chi connectivity index (χ0n) is 10.3. The smallest absolute Gasteiger partial charge is 0.230 e. The third-order valence-electron chi connectivity index (χ3n) is 2.50. The molecule has 0 spiro atoms. The molecule has 0 aliphatic rings. The van der Waals surface area contributed by atoms with Crippen LogP contribution in [-0.4, -0.2) is 28.1 Å². The van der Waals surface area contributed by atoms with E-state index in [0.717, 1.165) is 4.88 Å². The molecule has 0 unspecified atom stereocenters. The van der Waals surface area contributed by atoms with Crippen LogP contribution in [0.15, 0.2) is 17.5 Å². The van der Waals surface area contributed by atoms with Crippen LogP contribution in [0.25, 0.3) is 0 Å². The van der Waals surface area contributed by atoms with E-state index < -0.39 is 0 Å². The molecule has 1 aromatic heterocycles. The van der Waals surface area contributed by atoms with Crippen molar-refractivity contribution in [2.45, 2.75) is 38.2 Å². The SMILES string of the molecule is C[C@H](NC(=O)CS[C@H](C)[C@H](C)O)c1cccs1. The minimum atomic E-state index is -0.387. The molecule has 2 N–H and O–H groups in total. The van der Waals surface area contributed by atoms with Gasteiger partial charge in [0.15, 0.2) is 0 Å². The third-order valence-corrected chi connectivity index (χ3v) is 4.91. The Balaban J connectivity index is 2.30. The maximum Gasteiger partial charge on any atom is 0.230 e. The summed E-state index contributed by atoms with van der Waals surface area (Å²) in [5.74, 6) is 0.408. The molecule has 96 valence electrons. The molecule has 0 bridgehead atoms. The van der Waals surface area contributed by atoms with Gasteiger partial charge in [0.25, 0.3) is 0 Å². The Labute approximate surface area is 111 Å². The first-order valence-corrected chi connectivity index (χ1v) is 7.56. The Kier molecular flexibility index (Phi) is 6.02. The maximum atomic E-state index is 11.7. The Hall–Kier alpha value is -0.520. The van der Waals surface area contributed by atoms with Crippen molar-refractivity contribution >= 4 is 29.0 Å². The van der Waals surface area contributed by atoms with Crippen molar-refractivity contribution < 1.29 is 9.90 Å². The first-order chi connectivity index (χ1) is 8.00. The van der Waals surface area contributed by atoms with Crippen LogP contribution in [-0.2, 0) is 4.79 Å². The quantitative estimate of drug-likeness (QED) is 0.837. The highest BCUT2D eigenvalue weighted by molar-refractivity contribution is 8.00. The van der Waals surface area contributed by atoms with Gasteiger partial charge in [-0.1, -0.05) is 13.0 Å². The summed E-state index contributed by atoms with van der Waals surface area (Å²) >= 11 is 3.11. The largest absolute Gasteiger partial charge is 0.392 e. The predicted molar refractivity (Wildman–Crippen MR) is 74.5 cm³/mol. The lowest BCUT2D eigenvalue weighted by Crippen LogP contribution is -2.29. The summed E-state index contributed by atoms with van der Waals surface area (Å²) in [6.07, 6.45) is -0.387. The minimum Gasteiger partial charge on any atom is -0.392 e. The van der Waals surface area contributed by atoms with Crippen LogP contribution in [0, 0.1) is 0 Å². The molecule has 5 heteroatoms. The molecule has 0 saturated heterocycles. The van der Waals surface area contributed by atoms with E-state index in [2.05, 4.69) is 5.32 Å². The van der Waals surface area contributed by atoms with Gasteiger partial charge in [0.05, 0.1) is 17.9 Å². The summed E-state index contributed by atoms with van der Waals surface area (Å²) in [4.78, 5) is 12.8. The highest BCUT2D eigenvalue weighted by Gasteiger charge is 2.14. The van der Waals surface area contributed by atoms with Crippen LogP contribution < -0.4 is 5.32 Å². The molecule has 0 radical (unpaired) electrons. The number of rotatable bonds is 6. The molecule has 0 fully saturated rings. The van der Waals surface area contributed by atoms with Gasteiger partial charge in [-0.15, -0.1) is 23.1 Å². The van der Waals surface area contributed by atoms with E-state index in [4.69, 9.17) is 0 Å². The summed E-state index contributed by atoms with van der Waals surface area (Å²) in [7, 11) is 0. The van der Waals surface area contributed by atoms with Gasteiger partial charge in [0, 0.05) is 10.1 Å². The zero-order valence-corrected chi connectivity index (χ0v) is 12.0. The van der Waals surface area contributed by atoms with E-state index in [1.165, 1.54) is 11.8 Å². The van der Waals surface area contributed by atoms with Crippen molar-refractivity contribution in [3.05, 3.63) is 22.4 Å². The van der Waals surface area contributed by atoms with Crippen LogP contribution >= 0.6 is 23.1 Å². The summed E-state index contributed by atoms with van der Waals surface area (Å²) in [6.45, 7) is 5.64. The topological polar surface area (TPSA) is 49.3 Å². The Bertz CT molecular complexity index is 338. The predicted octanol–water partition coefficient (Wildman–Crippen LogP) is 2.43. The van der Waals surface area contributed by atoms with Crippen LogP contribution in [0.4, 0.5) is 0 Å². The maximum absolute atomic E-state index is 11.7. The zero-order chi connectivity index (χ0) is 12.8. The second-order valence-corrected chi connectivity index (χ2v) is 6.41. The Morgan fingerprint density at radius 2 is 2.24 bits per heavy atom. The van der Waals surface area contributed by atoms with E-state index in [1.807, 2.05) is 31.4 Å². The van der Waals surface area contributed by atoms with Gasteiger partial charge >= 0.3 is 0 Å². The third kappa shape index (κ3) is 5.10. The van der Waals surface area contributed by atoms with Crippen molar-refractivity contribution in [2.75, 3.05) is 5.75 Å². The molecule has 0 aliphatic heterocycles. The lowest BCUT2D eigenvalue weighted by atomic mass is 10.3. The molecule has 0 saturated carbocycles. The highest BCUT2D eigenvalue weighted by Crippen LogP contribution is 2.19. The summed E-state index contributed by atoms with van der Waals surface area (Å²) in [5.41, 5.74) is 0. The van der Waals surface area contributed by atoms with E-state index in [9.17, 15) is 9.90 Å². The van der Waals surface area contributed by atoms with E-state index in [1.54, 1.807) is 18.3 Å². The molecule has 17 heavy (non-hydrogen) atoms. The summed E-state index contributed by atoms with van der Waals surface area (Å²) in [5, 5.41) is 14.3. The number of carbonyl (C=O) groups is 1. The molecule has 3 nitrogen and oxygen atoms in total. The Morgan fingerprint density at radius 3 is 2.76 bits per heavy atom. The van der Waals surface area contributed by atoms with Gasteiger partial charge in [0.2, 0.25) is 5.91 Å². The molecule has 1 aromatic rings. The first-order valence-electron chi connectivity index (χ1n) is 5.63. The van der Waals surface area contributed by atoms with Crippen molar-refractivity contribution in [1.29, 1.82) is 0 Å². The van der Waals surface area contributed by atoms with Gasteiger partial charge in [-0.2, -0.15) is 0 Å². The normalized spacial score (nSPS) is 16.2. The number of aliphatic hydroxyl groups excluding tert-OH is 1. The molecular formula is C12H19NO2S2. The number of thioether (sulfide) groups is 1. The van der Waals surface area contributed by atoms with E-state index in [0.29, 0.717) is 5.75 Å². The van der Waals surface area contributed by atoms with Crippen LogP contribution in [0.2, 0.25) is 0 Å². The first kappa shape index (κ1) is 14.5. The van der Waals surface area contributed by atoms with Crippen molar-refractivity contribution in [3.8, 4) is 0 Å².